The molecule has 1 saturated heterocycles. The number of hydrogen-bond donors (Lipinski definition) is 1. The van der Waals surface area contributed by atoms with Crippen LogP contribution < -0.4 is 10.1 Å². The van der Waals surface area contributed by atoms with E-state index in [2.05, 4.69) is 5.32 Å². The maximum Gasteiger partial charge on any atom is 0.412 e. The molecule has 0 aromatic heterocycles. The molecule has 1 heterocycles. The lowest BCUT2D eigenvalue weighted by atomic mass is 10.1. The predicted octanol–water partition coefficient (Wildman–Crippen LogP) is 2.14. The van der Waals surface area contributed by atoms with E-state index < -0.39 is 24.2 Å². The molecule has 1 N–H and O–H groups in total. The van der Waals surface area contributed by atoms with Gasteiger partial charge in [0.25, 0.3) is 5.91 Å². The zero-order chi connectivity index (χ0) is 17.7. The van der Waals surface area contributed by atoms with Gasteiger partial charge in [-0.2, -0.15) is 13.2 Å². The molecule has 5 nitrogen and oxygen atoms in total. The number of carbonyl (C=O) groups excluding carboxylic acids is 1. The first-order chi connectivity index (χ1) is 11.3. The predicted molar refractivity (Wildman–Crippen MR) is 81.8 cm³/mol. The number of carbonyl (C=O) groups is 1. The first kappa shape index (κ1) is 18.5. The highest BCUT2D eigenvalue weighted by atomic mass is 19.4. The van der Waals surface area contributed by atoms with E-state index >= 15 is 0 Å². The number of benzene rings is 1. The van der Waals surface area contributed by atoms with Gasteiger partial charge < -0.3 is 14.8 Å². The Morgan fingerprint density at radius 1 is 1.42 bits per heavy atom. The van der Waals surface area contributed by atoms with Gasteiger partial charge in [-0.3, -0.25) is 9.69 Å². The fourth-order valence-electron chi connectivity index (χ4n) is 2.53. The van der Waals surface area contributed by atoms with E-state index in [-0.39, 0.29) is 12.1 Å². The van der Waals surface area contributed by atoms with Gasteiger partial charge in [-0.05, 0) is 24.2 Å². The number of rotatable bonds is 5. The molecule has 0 aliphatic carbocycles. The van der Waals surface area contributed by atoms with Crippen LogP contribution in [0.4, 0.5) is 13.2 Å². The summed E-state index contributed by atoms with van der Waals surface area (Å²) in [5, 5.41) is 2.07. The van der Waals surface area contributed by atoms with Crippen LogP contribution in [0.15, 0.2) is 24.3 Å². The molecule has 1 aromatic carbocycles. The highest BCUT2D eigenvalue weighted by Crippen LogP contribution is 2.33. The first-order valence-electron chi connectivity index (χ1n) is 7.70. The fourth-order valence-corrected chi connectivity index (χ4v) is 2.53. The standard InChI is InChI=1S/C16H21F3N2O3/c1-3-21-8-9-24-13(10-21)15(22)20-14(16(17,18)19)11-4-6-12(23-2)7-5-11/h4-7,13-14H,3,8-10H2,1-2H3,(H,20,22)/t13-,14-/m0/s1. The molecule has 0 unspecified atom stereocenters. The van der Waals surface area contributed by atoms with Crippen molar-refractivity contribution in [2.75, 3.05) is 33.4 Å². The SMILES string of the molecule is CCN1CCO[C@H](C(=O)N[C@@H](c2ccc(OC)cc2)C(F)(F)F)C1. The molecule has 1 aromatic rings. The molecule has 0 radical (unpaired) electrons. The number of halogens is 3. The van der Waals surface area contributed by atoms with Gasteiger partial charge in [0.05, 0.1) is 13.7 Å². The van der Waals surface area contributed by atoms with Crippen LogP contribution in [0.2, 0.25) is 0 Å². The minimum atomic E-state index is -4.61. The second kappa shape index (κ2) is 7.85. The third-order valence-electron chi connectivity index (χ3n) is 3.95. The topological polar surface area (TPSA) is 50.8 Å². The number of likely N-dealkylation sites (N-methyl/N-ethyl adjacent to an activating group) is 1. The van der Waals surface area contributed by atoms with E-state index in [0.29, 0.717) is 25.4 Å². The van der Waals surface area contributed by atoms with Crippen LogP contribution in [0, 0.1) is 0 Å². The molecule has 1 aliphatic rings. The molecule has 0 saturated carbocycles. The highest BCUT2D eigenvalue weighted by Gasteiger charge is 2.43. The number of amides is 1. The largest absolute Gasteiger partial charge is 0.497 e. The van der Waals surface area contributed by atoms with Crippen molar-refractivity contribution in [2.24, 2.45) is 0 Å². The molecule has 0 spiro atoms. The van der Waals surface area contributed by atoms with Crippen molar-refractivity contribution in [1.82, 2.24) is 10.2 Å². The molecular formula is C16H21F3N2O3. The number of alkyl halides is 3. The summed E-state index contributed by atoms with van der Waals surface area (Å²) in [6.45, 7) is 3.92. The third kappa shape index (κ3) is 4.61. The van der Waals surface area contributed by atoms with Crippen molar-refractivity contribution in [1.29, 1.82) is 0 Å². The molecular weight excluding hydrogens is 325 g/mol. The van der Waals surface area contributed by atoms with Gasteiger partial charge >= 0.3 is 6.18 Å². The minimum absolute atomic E-state index is 0.0557. The van der Waals surface area contributed by atoms with Gasteiger partial charge in [-0.25, -0.2) is 0 Å². The molecule has 2 atom stereocenters. The number of morpholine rings is 1. The molecule has 24 heavy (non-hydrogen) atoms. The first-order valence-corrected chi connectivity index (χ1v) is 7.70. The van der Waals surface area contributed by atoms with Crippen molar-refractivity contribution in [2.45, 2.75) is 25.2 Å². The Kier molecular flexibility index (Phi) is 6.06. The molecule has 1 aliphatic heterocycles. The number of nitrogens with one attached hydrogen (secondary N) is 1. The summed E-state index contributed by atoms with van der Waals surface area (Å²) >= 11 is 0. The summed E-state index contributed by atoms with van der Waals surface area (Å²) in [5.74, 6) is -0.313. The van der Waals surface area contributed by atoms with Crippen molar-refractivity contribution in [3.8, 4) is 5.75 Å². The van der Waals surface area contributed by atoms with E-state index in [9.17, 15) is 18.0 Å². The normalized spacial score (nSPS) is 20.5. The quantitative estimate of drug-likeness (QED) is 0.888. The van der Waals surface area contributed by atoms with Gasteiger partial charge in [0.1, 0.15) is 11.9 Å². The lowest BCUT2D eigenvalue weighted by Crippen LogP contribution is -2.51. The smallest absolute Gasteiger partial charge is 0.412 e. The van der Waals surface area contributed by atoms with Gasteiger partial charge in [0.2, 0.25) is 0 Å². The lowest BCUT2D eigenvalue weighted by Gasteiger charge is -2.32. The number of nitrogens with zero attached hydrogens (tertiary/aromatic N) is 1. The van der Waals surface area contributed by atoms with Gasteiger partial charge in [-0.1, -0.05) is 19.1 Å². The Bertz CT molecular complexity index is 548. The molecule has 0 bridgehead atoms. The second-order valence-corrected chi connectivity index (χ2v) is 5.51. The van der Waals surface area contributed by atoms with Crippen LogP contribution in [0.5, 0.6) is 5.75 Å². The maximum absolute atomic E-state index is 13.4. The molecule has 8 heteroatoms. The maximum atomic E-state index is 13.4. The number of methoxy groups -OCH3 is 1. The van der Waals surface area contributed by atoms with Crippen molar-refractivity contribution in [3.63, 3.8) is 0 Å². The molecule has 1 amide bonds. The summed E-state index contributed by atoms with van der Waals surface area (Å²) in [4.78, 5) is 14.2. The fraction of sp³-hybridized carbons (Fsp3) is 0.562. The zero-order valence-corrected chi connectivity index (χ0v) is 13.6. The van der Waals surface area contributed by atoms with Crippen molar-refractivity contribution < 1.29 is 27.4 Å². The Balaban J connectivity index is 2.12. The highest BCUT2D eigenvalue weighted by molar-refractivity contribution is 5.81. The van der Waals surface area contributed by atoms with E-state index in [1.54, 1.807) is 0 Å². The van der Waals surface area contributed by atoms with E-state index in [1.807, 2.05) is 11.8 Å². The zero-order valence-electron chi connectivity index (χ0n) is 13.6. The van der Waals surface area contributed by atoms with Gasteiger partial charge in [0.15, 0.2) is 6.04 Å². The van der Waals surface area contributed by atoms with Crippen LogP contribution in [-0.4, -0.2) is 56.4 Å². The van der Waals surface area contributed by atoms with Crippen LogP contribution in [0.3, 0.4) is 0 Å². The second-order valence-electron chi connectivity index (χ2n) is 5.51. The van der Waals surface area contributed by atoms with Crippen molar-refractivity contribution >= 4 is 5.91 Å². The Hall–Kier alpha value is -1.80. The van der Waals surface area contributed by atoms with Crippen LogP contribution in [0.25, 0.3) is 0 Å². The third-order valence-corrected chi connectivity index (χ3v) is 3.95. The molecule has 2 rings (SSSR count). The molecule has 134 valence electrons. The summed E-state index contributed by atoms with van der Waals surface area (Å²) in [6.07, 6.45) is -5.51. The summed E-state index contributed by atoms with van der Waals surface area (Å²) in [5.41, 5.74) is -0.0557. The summed E-state index contributed by atoms with van der Waals surface area (Å²) in [6, 6.07) is 3.34. The average Bonchev–Trinajstić information content (AvgIpc) is 2.58. The minimum Gasteiger partial charge on any atom is -0.497 e. The Morgan fingerprint density at radius 2 is 2.08 bits per heavy atom. The number of hydrogen-bond acceptors (Lipinski definition) is 4. The number of ether oxygens (including phenoxy) is 2. The van der Waals surface area contributed by atoms with Crippen LogP contribution >= 0.6 is 0 Å². The van der Waals surface area contributed by atoms with Gasteiger partial charge in [-0.15, -0.1) is 0 Å². The van der Waals surface area contributed by atoms with Crippen molar-refractivity contribution in [3.05, 3.63) is 29.8 Å². The van der Waals surface area contributed by atoms with Gasteiger partial charge in [0, 0.05) is 13.1 Å². The van der Waals surface area contributed by atoms with E-state index in [4.69, 9.17) is 9.47 Å². The average molecular weight is 346 g/mol. The summed E-state index contributed by atoms with van der Waals surface area (Å²) < 4.78 is 50.3. The van der Waals surface area contributed by atoms with E-state index in [0.717, 1.165) is 0 Å². The summed E-state index contributed by atoms with van der Waals surface area (Å²) in [7, 11) is 1.43. The van der Waals surface area contributed by atoms with E-state index in [1.165, 1.54) is 31.4 Å². The lowest BCUT2D eigenvalue weighted by molar-refractivity contribution is -0.168. The van der Waals surface area contributed by atoms with Crippen LogP contribution in [-0.2, 0) is 9.53 Å². The van der Waals surface area contributed by atoms with Crippen LogP contribution in [0.1, 0.15) is 18.5 Å². The Morgan fingerprint density at radius 3 is 2.62 bits per heavy atom. The Labute approximate surface area is 138 Å². The monoisotopic (exact) mass is 346 g/mol. The molecule has 1 fully saturated rings.